The fraction of sp³-hybridized carbons (Fsp3) is 0.364. The minimum atomic E-state index is -0.562. The predicted octanol–water partition coefficient (Wildman–Crippen LogP) is 2.40. The summed E-state index contributed by atoms with van der Waals surface area (Å²) in [6.45, 7) is 2.20. The second-order valence-electron chi connectivity index (χ2n) is 2.98. The van der Waals surface area contributed by atoms with E-state index in [1.165, 1.54) is 19.2 Å². The van der Waals surface area contributed by atoms with Crippen LogP contribution in [-0.2, 0) is 4.74 Å². The molecule has 0 saturated carbocycles. The van der Waals surface area contributed by atoms with Gasteiger partial charge >= 0.3 is 5.97 Å². The lowest BCUT2D eigenvalue weighted by molar-refractivity contribution is 0.0501. The third kappa shape index (κ3) is 2.94. The Morgan fingerprint density at radius 2 is 2.20 bits per heavy atom. The Labute approximate surface area is 87.8 Å². The average molecular weight is 212 g/mol. The van der Waals surface area contributed by atoms with E-state index in [1.54, 1.807) is 0 Å². The first-order valence-electron chi connectivity index (χ1n) is 4.69. The molecule has 0 spiro atoms. The third-order valence-corrected chi connectivity index (χ3v) is 1.82. The van der Waals surface area contributed by atoms with Crippen molar-refractivity contribution < 1.29 is 18.7 Å². The monoisotopic (exact) mass is 212 g/mol. The summed E-state index contributed by atoms with van der Waals surface area (Å²) in [5, 5.41) is 0. The largest absolute Gasteiger partial charge is 0.496 e. The van der Waals surface area contributed by atoms with E-state index in [0.29, 0.717) is 12.4 Å². The van der Waals surface area contributed by atoms with Crippen LogP contribution in [0.5, 0.6) is 5.75 Å². The van der Waals surface area contributed by atoms with Crippen LogP contribution in [0.2, 0.25) is 0 Å². The molecule has 0 saturated heterocycles. The van der Waals surface area contributed by atoms with Gasteiger partial charge in [0.25, 0.3) is 0 Å². The van der Waals surface area contributed by atoms with Gasteiger partial charge in [-0.3, -0.25) is 0 Å². The second-order valence-corrected chi connectivity index (χ2v) is 2.98. The molecule has 0 N–H and O–H groups in total. The lowest BCUT2D eigenvalue weighted by Gasteiger charge is -2.07. The van der Waals surface area contributed by atoms with Gasteiger partial charge in [0.05, 0.1) is 13.7 Å². The van der Waals surface area contributed by atoms with Gasteiger partial charge in [-0.15, -0.1) is 0 Å². The molecule has 0 aliphatic carbocycles. The maximum Gasteiger partial charge on any atom is 0.342 e. The van der Waals surface area contributed by atoms with Crippen LogP contribution in [0.25, 0.3) is 0 Å². The molecule has 0 unspecified atom stereocenters. The molecule has 0 bridgehead atoms. The molecule has 0 radical (unpaired) electrons. The van der Waals surface area contributed by atoms with E-state index in [4.69, 9.17) is 9.47 Å². The standard InChI is InChI=1S/C11H13FO3/c1-3-6-15-11(13)9-7-8(12)4-5-10(9)14-2/h4-5,7H,3,6H2,1-2H3. The molecule has 1 aromatic carbocycles. The fourth-order valence-corrected chi connectivity index (χ4v) is 1.11. The van der Waals surface area contributed by atoms with Crippen molar-refractivity contribution in [1.82, 2.24) is 0 Å². The van der Waals surface area contributed by atoms with Crippen molar-refractivity contribution in [2.75, 3.05) is 13.7 Å². The molecule has 0 amide bonds. The highest BCUT2D eigenvalue weighted by atomic mass is 19.1. The van der Waals surface area contributed by atoms with E-state index in [1.807, 2.05) is 6.92 Å². The SMILES string of the molecule is CCCOC(=O)c1cc(F)ccc1OC. The Hall–Kier alpha value is -1.58. The number of methoxy groups -OCH3 is 1. The minimum absolute atomic E-state index is 0.117. The van der Waals surface area contributed by atoms with Gasteiger partial charge in [0.1, 0.15) is 17.1 Å². The number of hydrogen-bond donors (Lipinski definition) is 0. The van der Waals surface area contributed by atoms with Gasteiger partial charge in [0, 0.05) is 0 Å². The lowest BCUT2D eigenvalue weighted by Crippen LogP contribution is -2.08. The van der Waals surface area contributed by atoms with Gasteiger partial charge in [-0.1, -0.05) is 6.92 Å². The number of rotatable bonds is 4. The van der Waals surface area contributed by atoms with E-state index in [-0.39, 0.29) is 5.56 Å². The number of halogens is 1. The molecule has 82 valence electrons. The van der Waals surface area contributed by atoms with Crippen LogP contribution >= 0.6 is 0 Å². The van der Waals surface area contributed by atoms with Crippen molar-refractivity contribution in [2.45, 2.75) is 13.3 Å². The van der Waals surface area contributed by atoms with Crippen LogP contribution in [0.4, 0.5) is 4.39 Å². The van der Waals surface area contributed by atoms with Crippen LogP contribution in [0.3, 0.4) is 0 Å². The average Bonchev–Trinajstić information content (AvgIpc) is 2.25. The maximum absolute atomic E-state index is 12.9. The van der Waals surface area contributed by atoms with Crippen LogP contribution in [-0.4, -0.2) is 19.7 Å². The lowest BCUT2D eigenvalue weighted by atomic mass is 10.2. The molecule has 1 aromatic rings. The van der Waals surface area contributed by atoms with Crippen molar-refractivity contribution in [3.05, 3.63) is 29.6 Å². The zero-order valence-corrected chi connectivity index (χ0v) is 8.75. The number of carbonyl (C=O) groups is 1. The van der Waals surface area contributed by atoms with E-state index in [2.05, 4.69) is 0 Å². The number of esters is 1. The van der Waals surface area contributed by atoms with Crippen molar-refractivity contribution in [2.24, 2.45) is 0 Å². The van der Waals surface area contributed by atoms with E-state index >= 15 is 0 Å². The zero-order valence-electron chi connectivity index (χ0n) is 8.75. The van der Waals surface area contributed by atoms with E-state index in [0.717, 1.165) is 12.5 Å². The Balaban J connectivity index is 2.90. The first-order valence-corrected chi connectivity index (χ1v) is 4.69. The summed E-state index contributed by atoms with van der Waals surface area (Å²) in [7, 11) is 1.42. The third-order valence-electron chi connectivity index (χ3n) is 1.82. The Bertz CT molecular complexity index is 350. The molecular formula is C11H13FO3. The van der Waals surface area contributed by atoms with Crippen LogP contribution in [0, 0.1) is 5.82 Å². The first kappa shape index (κ1) is 11.5. The molecule has 3 nitrogen and oxygen atoms in total. The number of benzene rings is 1. The predicted molar refractivity (Wildman–Crippen MR) is 53.5 cm³/mol. The highest BCUT2D eigenvalue weighted by Crippen LogP contribution is 2.20. The summed E-state index contributed by atoms with van der Waals surface area (Å²) in [4.78, 5) is 11.5. The Morgan fingerprint density at radius 3 is 2.80 bits per heavy atom. The van der Waals surface area contributed by atoms with E-state index < -0.39 is 11.8 Å². The molecule has 0 fully saturated rings. The highest BCUT2D eigenvalue weighted by molar-refractivity contribution is 5.92. The summed E-state index contributed by atoms with van der Waals surface area (Å²) < 4.78 is 22.7. The number of ether oxygens (including phenoxy) is 2. The number of carbonyl (C=O) groups excluding carboxylic acids is 1. The highest BCUT2D eigenvalue weighted by Gasteiger charge is 2.14. The zero-order chi connectivity index (χ0) is 11.3. The smallest absolute Gasteiger partial charge is 0.342 e. The first-order chi connectivity index (χ1) is 7.19. The van der Waals surface area contributed by atoms with Crippen molar-refractivity contribution in [3.8, 4) is 5.75 Å². The Morgan fingerprint density at radius 1 is 1.47 bits per heavy atom. The number of hydrogen-bond acceptors (Lipinski definition) is 3. The van der Waals surface area contributed by atoms with Gasteiger partial charge in [-0.25, -0.2) is 9.18 Å². The van der Waals surface area contributed by atoms with Gasteiger partial charge < -0.3 is 9.47 Å². The summed E-state index contributed by atoms with van der Waals surface area (Å²) in [6, 6.07) is 3.74. The van der Waals surface area contributed by atoms with Crippen LogP contribution in [0.15, 0.2) is 18.2 Å². The summed E-state index contributed by atoms with van der Waals surface area (Å²) in [5.41, 5.74) is 0.117. The van der Waals surface area contributed by atoms with Crippen molar-refractivity contribution >= 4 is 5.97 Å². The van der Waals surface area contributed by atoms with Gasteiger partial charge in [0.15, 0.2) is 0 Å². The molecule has 15 heavy (non-hydrogen) atoms. The molecule has 0 aliphatic heterocycles. The molecule has 0 aromatic heterocycles. The normalized spacial score (nSPS) is 9.80. The van der Waals surface area contributed by atoms with Gasteiger partial charge in [-0.2, -0.15) is 0 Å². The van der Waals surface area contributed by atoms with E-state index in [9.17, 15) is 9.18 Å². The summed E-state index contributed by atoms with van der Waals surface area (Å²) in [6.07, 6.45) is 0.726. The van der Waals surface area contributed by atoms with Crippen LogP contribution in [0.1, 0.15) is 23.7 Å². The minimum Gasteiger partial charge on any atom is -0.496 e. The van der Waals surface area contributed by atoms with Crippen molar-refractivity contribution in [1.29, 1.82) is 0 Å². The van der Waals surface area contributed by atoms with Gasteiger partial charge in [0.2, 0.25) is 0 Å². The quantitative estimate of drug-likeness (QED) is 0.719. The van der Waals surface area contributed by atoms with Crippen LogP contribution < -0.4 is 4.74 Å². The van der Waals surface area contributed by atoms with Crippen molar-refractivity contribution in [3.63, 3.8) is 0 Å². The topological polar surface area (TPSA) is 35.5 Å². The molecular weight excluding hydrogens is 199 g/mol. The fourth-order valence-electron chi connectivity index (χ4n) is 1.11. The molecule has 0 aliphatic rings. The molecule has 1 rings (SSSR count). The molecule has 0 heterocycles. The van der Waals surface area contributed by atoms with Gasteiger partial charge in [-0.05, 0) is 24.6 Å². The second kappa shape index (κ2) is 5.34. The Kier molecular flexibility index (Phi) is 4.09. The molecule has 0 atom stereocenters. The summed E-state index contributed by atoms with van der Waals surface area (Å²) in [5.74, 6) is -0.732. The summed E-state index contributed by atoms with van der Waals surface area (Å²) >= 11 is 0. The maximum atomic E-state index is 12.9. The molecule has 4 heteroatoms.